The number of hydrogen-bond acceptors (Lipinski definition) is 4. The quantitative estimate of drug-likeness (QED) is 0.374. The standard InChI is InChI=1S/C30H37N3O4S/c1-5-25(30(35)31-19-21(2)3)32(20-23-11-6-10-22(4)18-23)28(34)16-9-17-33-26-14-7-12-24-13-8-15-27(29(24)26)38(33,36)37/h6-8,10-15,18,21,25H,5,9,16-17,19-20H2,1-4H3,(H,31,35). The third-order valence-corrected chi connectivity index (χ3v) is 8.79. The minimum atomic E-state index is -3.68. The number of carbonyl (C=O) groups is 2. The first kappa shape index (κ1) is 27.6. The fourth-order valence-corrected chi connectivity index (χ4v) is 6.81. The third kappa shape index (κ3) is 5.70. The van der Waals surface area contributed by atoms with Crippen molar-refractivity contribution in [3.63, 3.8) is 0 Å². The molecule has 7 nitrogen and oxygen atoms in total. The molecule has 4 rings (SSSR count). The van der Waals surface area contributed by atoms with Crippen molar-refractivity contribution in [1.29, 1.82) is 0 Å². The summed E-state index contributed by atoms with van der Waals surface area (Å²) >= 11 is 0. The van der Waals surface area contributed by atoms with E-state index in [4.69, 9.17) is 0 Å². The lowest BCUT2D eigenvalue weighted by Crippen LogP contribution is -2.49. The van der Waals surface area contributed by atoms with E-state index < -0.39 is 16.1 Å². The van der Waals surface area contributed by atoms with Crippen LogP contribution in [-0.2, 0) is 26.2 Å². The van der Waals surface area contributed by atoms with Crippen LogP contribution in [0.5, 0.6) is 0 Å². The largest absolute Gasteiger partial charge is 0.354 e. The lowest BCUT2D eigenvalue weighted by molar-refractivity contribution is -0.141. The maximum absolute atomic E-state index is 13.6. The number of benzene rings is 3. The normalized spacial score (nSPS) is 14.6. The van der Waals surface area contributed by atoms with Crippen LogP contribution in [0, 0.1) is 12.8 Å². The van der Waals surface area contributed by atoms with E-state index in [1.54, 1.807) is 17.0 Å². The molecule has 0 aliphatic carbocycles. The van der Waals surface area contributed by atoms with E-state index in [1.807, 2.05) is 76.2 Å². The van der Waals surface area contributed by atoms with E-state index in [9.17, 15) is 18.0 Å². The number of rotatable bonds is 11. The number of hydrogen-bond donors (Lipinski definition) is 1. The summed E-state index contributed by atoms with van der Waals surface area (Å²) in [7, 11) is -3.68. The van der Waals surface area contributed by atoms with Crippen molar-refractivity contribution in [2.75, 3.05) is 17.4 Å². The Morgan fingerprint density at radius 1 is 1.03 bits per heavy atom. The SMILES string of the molecule is CCC(C(=O)NCC(C)C)N(Cc1cccc(C)c1)C(=O)CCCN1c2cccc3cccc(c23)S1(=O)=O. The second-order valence-electron chi connectivity index (χ2n) is 10.4. The molecule has 0 saturated heterocycles. The Morgan fingerprint density at radius 2 is 1.74 bits per heavy atom. The summed E-state index contributed by atoms with van der Waals surface area (Å²) in [5.74, 6) is -0.0230. The Balaban J connectivity index is 1.51. The molecule has 1 heterocycles. The van der Waals surface area contributed by atoms with Crippen LogP contribution in [0.15, 0.2) is 65.6 Å². The van der Waals surface area contributed by atoms with E-state index in [-0.39, 0.29) is 24.8 Å². The van der Waals surface area contributed by atoms with E-state index in [2.05, 4.69) is 5.32 Å². The van der Waals surface area contributed by atoms with Crippen molar-refractivity contribution in [3.05, 3.63) is 71.8 Å². The van der Waals surface area contributed by atoms with Gasteiger partial charge in [-0.15, -0.1) is 0 Å². The number of nitrogens with zero attached hydrogens (tertiary/aromatic N) is 2. The van der Waals surface area contributed by atoms with Gasteiger partial charge in [0, 0.05) is 31.4 Å². The van der Waals surface area contributed by atoms with Crippen molar-refractivity contribution in [2.24, 2.45) is 5.92 Å². The number of sulfonamides is 1. The van der Waals surface area contributed by atoms with Crippen molar-refractivity contribution < 1.29 is 18.0 Å². The van der Waals surface area contributed by atoms with E-state index in [0.717, 1.165) is 21.9 Å². The predicted octanol–water partition coefficient (Wildman–Crippen LogP) is 5.02. The van der Waals surface area contributed by atoms with Gasteiger partial charge in [-0.1, -0.05) is 74.9 Å². The molecule has 2 amide bonds. The summed E-state index contributed by atoms with van der Waals surface area (Å²) in [5, 5.41) is 4.59. The number of amides is 2. The first-order chi connectivity index (χ1) is 18.1. The lowest BCUT2D eigenvalue weighted by atomic mass is 10.1. The minimum absolute atomic E-state index is 0.137. The van der Waals surface area contributed by atoms with Crippen molar-refractivity contribution in [2.45, 2.75) is 64.4 Å². The second kappa shape index (κ2) is 11.6. The first-order valence-electron chi connectivity index (χ1n) is 13.3. The number of anilines is 1. The molecule has 0 fully saturated rings. The molecule has 202 valence electrons. The molecule has 38 heavy (non-hydrogen) atoms. The summed E-state index contributed by atoms with van der Waals surface area (Å²) < 4.78 is 28.0. The Hall–Kier alpha value is -3.39. The first-order valence-corrected chi connectivity index (χ1v) is 14.7. The topological polar surface area (TPSA) is 86.8 Å². The second-order valence-corrected chi connectivity index (χ2v) is 12.2. The smallest absolute Gasteiger partial charge is 0.265 e. The van der Waals surface area contributed by atoms with Gasteiger partial charge in [0.15, 0.2) is 0 Å². The zero-order chi connectivity index (χ0) is 27.4. The molecule has 0 aromatic heterocycles. The van der Waals surface area contributed by atoms with Gasteiger partial charge in [-0.2, -0.15) is 0 Å². The zero-order valence-corrected chi connectivity index (χ0v) is 23.4. The van der Waals surface area contributed by atoms with Crippen molar-refractivity contribution in [1.82, 2.24) is 10.2 Å². The highest BCUT2D eigenvalue weighted by Gasteiger charge is 2.35. The van der Waals surface area contributed by atoms with E-state index >= 15 is 0 Å². The summed E-state index contributed by atoms with van der Waals surface area (Å²) in [6.45, 7) is 9.02. The highest BCUT2D eigenvalue weighted by atomic mass is 32.2. The Morgan fingerprint density at radius 3 is 2.42 bits per heavy atom. The number of aryl methyl sites for hydroxylation is 1. The molecule has 0 bridgehead atoms. The van der Waals surface area contributed by atoms with Gasteiger partial charge in [0.1, 0.15) is 6.04 Å². The van der Waals surface area contributed by atoms with Gasteiger partial charge in [0.05, 0.1) is 10.6 Å². The summed E-state index contributed by atoms with van der Waals surface area (Å²) in [5.41, 5.74) is 2.69. The highest BCUT2D eigenvalue weighted by Crippen LogP contribution is 2.42. The monoisotopic (exact) mass is 535 g/mol. The third-order valence-electron chi connectivity index (χ3n) is 6.94. The molecule has 8 heteroatoms. The Labute approximate surface area is 225 Å². The lowest BCUT2D eigenvalue weighted by Gasteiger charge is -2.31. The molecular formula is C30H37N3O4S. The zero-order valence-electron chi connectivity index (χ0n) is 22.6. The number of nitrogens with one attached hydrogen (secondary N) is 1. The maximum atomic E-state index is 13.6. The van der Waals surface area contributed by atoms with Gasteiger partial charge in [-0.3, -0.25) is 13.9 Å². The molecule has 1 aliphatic heterocycles. The summed E-state index contributed by atoms with van der Waals surface area (Å²) in [6, 6.07) is 18.2. The number of carbonyl (C=O) groups excluding carboxylic acids is 2. The average Bonchev–Trinajstić information content (AvgIpc) is 3.10. The van der Waals surface area contributed by atoms with E-state index in [0.29, 0.717) is 42.4 Å². The molecule has 1 N–H and O–H groups in total. The molecular weight excluding hydrogens is 498 g/mol. The maximum Gasteiger partial charge on any atom is 0.265 e. The Kier molecular flexibility index (Phi) is 8.41. The highest BCUT2D eigenvalue weighted by molar-refractivity contribution is 7.93. The van der Waals surface area contributed by atoms with Crippen LogP contribution in [0.4, 0.5) is 5.69 Å². The molecule has 1 aliphatic rings. The molecule has 3 aromatic rings. The van der Waals surface area contributed by atoms with Gasteiger partial charge >= 0.3 is 0 Å². The van der Waals surface area contributed by atoms with Crippen LogP contribution in [0.3, 0.4) is 0 Å². The van der Waals surface area contributed by atoms with E-state index in [1.165, 1.54) is 4.31 Å². The molecule has 1 atom stereocenters. The average molecular weight is 536 g/mol. The van der Waals surface area contributed by atoms with Gasteiger partial charge in [0.2, 0.25) is 11.8 Å². The molecule has 0 radical (unpaired) electrons. The predicted molar refractivity (Wildman–Crippen MR) is 151 cm³/mol. The van der Waals surface area contributed by atoms with Crippen molar-refractivity contribution >= 4 is 38.3 Å². The summed E-state index contributed by atoms with van der Waals surface area (Å²) in [4.78, 5) is 28.6. The fraction of sp³-hybridized carbons (Fsp3) is 0.400. The molecule has 3 aromatic carbocycles. The Bertz CT molecular complexity index is 1430. The fourth-order valence-electron chi connectivity index (χ4n) is 5.07. The van der Waals surface area contributed by atoms with Gasteiger partial charge in [-0.05, 0) is 48.8 Å². The molecule has 0 spiro atoms. The van der Waals surface area contributed by atoms with Gasteiger partial charge in [-0.25, -0.2) is 8.42 Å². The van der Waals surface area contributed by atoms with Crippen LogP contribution in [0.1, 0.15) is 51.2 Å². The van der Waals surface area contributed by atoms with Crippen LogP contribution < -0.4 is 9.62 Å². The minimum Gasteiger partial charge on any atom is -0.354 e. The van der Waals surface area contributed by atoms with Crippen LogP contribution in [-0.4, -0.2) is 44.3 Å². The molecule has 0 saturated carbocycles. The molecule has 1 unspecified atom stereocenters. The van der Waals surface area contributed by atoms with Crippen LogP contribution in [0.2, 0.25) is 0 Å². The summed E-state index contributed by atoms with van der Waals surface area (Å²) in [6.07, 6.45) is 0.966. The van der Waals surface area contributed by atoms with Crippen LogP contribution >= 0.6 is 0 Å². The van der Waals surface area contributed by atoms with Crippen LogP contribution in [0.25, 0.3) is 10.8 Å². The van der Waals surface area contributed by atoms with Gasteiger partial charge in [0.25, 0.3) is 10.0 Å². The van der Waals surface area contributed by atoms with Gasteiger partial charge < -0.3 is 10.2 Å². The van der Waals surface area contributed by atoms with Crippen molar-refractivity contribution in [3.8, 4) is 0 Å².